The van der Waals surface area contributed by atoms with Crippen molar-refractivity contribution in [2.45, 2.75) is 13.3 Å². The van der Waals surface area contributed by atoms with Crippen LogP contribution in [0.2, 0.25) is 0 Å². The number of amides is 1. The number of thiazole rings is 1. The van der Waals surface area contributed by atoms with Crippen LogP contribution < -0.4 is 5.32 Å². The molecule has 5 nitrogen and oxygen atoms in total. The summed E-state index contributed by atoms with van der Waals surface area (Å²) in [7, 11) is 1.32. The highest BCUT2D eigenvalue weighted by Crippen LogP contribution is 2.23. The van der Waals surface area contributed by atoms with E-state index in [1.165, 1.54) is 24.0 Å². The standard InChI is InChI=1S/C15H16N2O3S/c1-10-3-5-11(6-4-10)15-17-12(9-21-15)14(19)16-8-7-13(18)20-2/h3-6,9H,7-8H2,1-2H3,(H,16,19). The second-order valence-corrected chi connectivity index (χ2v) is 5.34. The van der Waals surface area contributed by atoms with Gasteiger partial charge in [-0.2, -0.15) is 0 Å². The highest BCUT2D eigenvalue weighted by molar-refractivity contribution is 7.13. The molecular weight excluding hydrogens is 288 g/mol. The zero-order valence-electron chi connectivity index (χ0n) is 11.9. The zero-order valence-corrected chi connectivity index (χ0v) is 12.7. The van der Waals surface area contributed by atoms with Gasteiger partial charge in [0.2, 0.25) is 0 Å². The first kappa shape index (κ1) is 15.2. The number of hydrogen-bond donors (Lipinski definition) is 1. The van der Waals surface area contributed by atoms with Crippen molar-refractivity contribution in [1.82, 2.24) is 10.3 Å². The third-order valence-electron chi connectivity index (χ3n) is 2.88. The van der Waals surface area contributed by atoms with Crippen molar-refractivity contribution in [3.05, 3.63) is 40.9 Å². The molecular formula is C15H16N2O3S. The van der Waals surface area contributed by atoms with Gasteiger partial charge in [0, 0.05) is 17.5 Å². The topological polar surface area (TPSA) is 68.3 Å². The summed E-state index contributed by atoms with van der Waals surface area (Å²) in [6.45, 7) is 2.26. The summed E-state index contributed by atoms with van der Waals surface area (Å²) in [6.07, 6.45) is 0.150. The number of hydrogen-bond acceptors (Lipinski definition) is 5. The fourth-order valence-electron chi connectivity index (χ4n) is 1.68. The molecule has 1 amide bonds. The van der Waals surface area contributed by atoms with Crippen LogP contribution in [0.3, 0.4) is 0 Å². The molecule has 0 bridgehead atoms. The van der Waals surface area contributed by atoms with Crippen LogP contribution in [0.15, 0.2) is 29.6 Å². The molecule has 0 fully saturated rings. The third-order valence-corrected chi connectivity index (χ3v) is 3.77. The van der Waals surface area contributed by atoms with E-state index in [1.807, 2.05) is 31.2 Å². The molecule has 0 unspecified atom stereocenters. The first-order valence-corrected chi connectivity index (χ1v) is 7.35. The second kappa shape index (κ2) is 6.99. The minimum atomic E-state index is -0.353. The van der Waals surface area contributed by atoms with Gasteiger partial charge in [-0.15, -0.1) is 11.3 Å². The highest BCUT2D eigenvalue weighted by Gasteiger charge is 2.12. The first-order valence-electron chi connectivity index (χ1n) is 6.47. The number of methoxy groups -OCH3 is 1. The second-order valence-electron chi connectivity index (χ2n) is 4.49. The van der Waals surface area contributed by atoms with Gasteiger partial charge in [-0.3, -0.25) is 9.59 Å². The van der Waals surface area contributed by atoms with Crippen LogP contribution in [-0.4, -0.2) is 30.5 Å². The van der Waals surface area contributed by atoms with E-state index < -0.39 is 0 Å². The molecule has 1 aromatic carbocycles. The molecule has 0 aliphatic rings. The minimum absolute atomic E-state index is 0.150. The SMILES string of the molecule is COC(=O)CCNC(=O)c1csc(-c2ccc(C)cc2)n1. The maximum Gasteiger partial charge on any atom is 0.307 e. The first-order chi connectivity index (χ1) is 10.1. The Balaban J connectivity index is 1.97. The van der Waals surface area contributed by atoms with E-state index >= 15 is 0 Å². The number of aromatic nitrogens is 1. The van der Waals surface area contributed by atoms with Crippen LogP contribution in [0.5, 0.6) is 0 Å². The Morgan fingerprint density at radius 1 is 1.29 bits per heavy atom. The van der Waals surface area contributed by atoms with Crippen LogP contribution in [0.1, 0.15) is 22.5 Å². The smallest absolute Gasteiger partial charge is 0.307 e. The molecule has 6 heteroatoms. The van der Waals surface area contributed by atoms with Crippen molar-refractivity contribution in [3.63, 3.8) is 0 Å². The lowest BCUT2D eigenvalue weighted by molar-refractivity contribution is -0.140. The van der Waals surface area contributed by atoms with Crippen LogP contribution in [0, 0.1) is 6.92 Å². The molecule has 0 aliphatic heterocycles. The average molecular weight is 304 g/mol. The summed E-state index contributed by atoms with van der Waals surface area (Å²) in [6, 6.07) is 7.97. The zero-order chi connectivity index (χ0) is 15.2. The number of nitrogens with zero attached hydrogens (tertiary/aromatic N) is 1. The Morgan fingerprint density at radius 2 is 2.00 bits per heavy atom. The van der Waals surface area contributed by atoms with E-state index in [2.05, 4.69) is 15.0 Å². The van der Waals surface area contributed by atoms with E-state index in [0.29, 0.717) is 5.69 Å². The van der Waals surface area contributed by atoms with E-state index in [-0.39, 0.29) is 24.8 Å². The fourth-order valence-corrected chi connectivity index (χ4v) is 2.48. The molecule has 1 N–H and O–H groups in total. The average Bonchev–Trinajstić information content (AvgIpc) is 2.97. The van der Waals surface area contributed by atoms with Gasteiger partial charge in [0.15, 0.2) is 0 Å². The predicted molar refractivity (Wildman–Crippen MR) is 81.3 cm³/mol. The van der Waals surface area contributed by atoms with Gasteiger partial charge in [0.05, 0.1) is 13.5 Å². The summed E-state index contributed by atoms with van der Waals surface area (Å²) in [5.41, 5.74) is 2.52. The van der Waals surface area contributed by atoms with Gasteiger partial charge in [0.25, 0.3) is 5.91 Å². The Hall–Kier alpha value is -2.21. The number of aryl methyl sites for hydroxylation is 1. The predicted octanol–water partition coefficient (Wildman–Crippen LogP) is 2.41. The third kappa shape index (κ3) is 4.13. The number of rotatable bonds is 5. The molecule has 2 aromatic rings. The summed E-state index contributed by atoms with van der Waals surface area (Å²) in [5, 5.41) is 5.15. The lowest BCUT2D eigenvalue weighted by atomic mass is 10.2. The number of carbonyl (C=O) groups excluding carboxylic acids is 2. The van der Waals surface area contributed by atoms with Crippen molar-refractivity contribution in [1.29, 1.82) is 0 Å². The summed E-state index contributed by atoms with van der Waals surface area (Å²) in [4.78, 5) is 27.2. The molecule has 2 rings (SSSR count). The van der Waals surface area contributed by atoms with E-state index in [1.54, 1.807) is 5.38 Å². The number of esters is 1. The molecule has 0 aliphatic carbocycles. The Morgan fingerprint density at radius 3 is 2.67 bits per heavy atom. The maximum absolute atomic E-state index is 11.9. The van der Waals surface area contributed by atoms with E-state index in [0.717, 1.165) is 10.6 Å². The van der Waals surface area contributed by atoms with Crippen LogP contribution in [0.4, 0.5) is 0 Å². The fraction of sp³-hybridized carbons (Fsp3) is 0.267. The van der Waals surface area contributed by atoms with Crippen molar-refractivity contribution in [2.75, 3.05) is 13.7 Å². The van der Waals surface area contributed by atoms with Crippen LogP contribution >= 0.6 is 11.3 Å². The molecule has 0 spiro atoms. The Bertz CT molecular complexity index is 635. The monoisotopic (exact) mass is 304 g/mol. The van der Waals surface area contributed by atoms with Gasteiger partial charge in [-0.05, 0) is 6.92 Å². The largest absolute Gasteiger partial charge is 0.469 e. The number of carbonyl (C=O) groups is 2. The highest BCUT2D eigenvalue weighted by atomic mass is 32.1. The number of ether oxygens (including phenoxy) is 1. The van der Waals surface area contributed by atoms with Gasteiger partial charge in [-0.1, -0.05) is 29.8 Å². The van der Waals surface area contributed by atoms with Gasteiger partial charge in [-0.25, -0.2) is 4.98 Å². The number of nitrogens with one attached hydrogen (secondary N) is 1. The summed E-state index contributed by atoms with van der Waals surface area (Å²) >= 11 is 1.42. The summed E-state index contributed by atoms with van der Waals surface area (Å²) in [5.74, 6) is -0.637. The molecule has 1 heterocycles. The molecule has 110 valence electrons. The molecule has 0 saturated heterocycles. The Labute approximate surface area is 127 Å². The van der Waals surface area contributed by atoms with Crippen molar-refractivity contribution < 1.29 is 14.3 Å². The molecule has 1 aromatic heterocycles. The van der Waals surface area contributed by atoms with E-state index in [4.69, 9.17) is 0 Å². The van der Waals surface area contributed by atoms with Crippen molar-refractivity contribution >= 4 is 23.2 Å². The molecule has 0 radical (unpaired) electrons. The minimum Gasteiger partial charge on any atom is -0.469 e. The lowest BCUT2D eigenvalue weighted by Gasteiger charge is -2.01. The molecule has 0 saturated carbocycles. The van der Waals surface area contributed by atoms with Crippen molar-refractivity contribution in [2.24, 2.45) is 0 Å². The lowest BCUT2D eigenvalue weighted by Crippen LogP contribution is -2.26. The Kier molecular flexibility index (Phi) is 5.05. The van der Waals surface area contributed by atoms with Gasteiger partial charge in [0.1, 0.15) is 10.7 Å². The van der Waals surface area contributed by atoms with Crippen LogP contribution in [-0.2, 0) is 9.53 Å². The maximum atomic E-state index is 11.9. The van der Waals surface area contributed by atoms with Crippen molar-refractivity contribution in [3.8, 4) is 10.6 Å². The summed E-state index contributed by atoms with van der Waals surface area (Å²) < 4.78 is 4.51. The number of benzene rings is 1. The quantitative estimate of drug-likeness (QED) is 0.861. The van der Waals surface area contributed by atoms with Gasteiger partial charge < -0.3 is 10.1 Å². The van der Waals surface area contributed by atoms with Gasteiger partial charge >= 0.3 is 5.97 Å². The molecule has 0 atom stereocenters. The van der Waals surface area contributed by atoms with Crippen LogP contribution in [0.25, 0.3) is 10.6 Å². The normalized spacial score (nSPS) is 10.2. The molecule has 21 heavy (non-hydrogen) atoms. The van der Waals surface area contributed by atoms with E-state index in [9.17, 15) is 9.59 Å².